The van der Waals surface area contributed by atoms with Gasteiger partial charge in [-0.2, -0.15) is 5.10 Å². The molecule has 3 aliphatic rings. The van der Waals surface area contributed by atoms with Crippen LogP contribution in [0.3, 0.4) is 0 Å². The first kappa shape index (κ1) is 21.6. The molecule has 174 valence electrons. The van der Waals surface area contributed by atoms with Crippen LogP contribution in [-0.4, -0.2) is 62.5 Å². The van der Waals surface area contributed by atoms with Crippen LogP contribution in [0.1, 0.15) is 54.1 Å². The van der Waals surface area contributed by atoms with Crippen molar-refractivity contribution in [1.82, 2.24) is 24.9 Å². The molecule has 4 heterocycles. The van der Waals surface area contributed by atoms with Gasteiger partial charge in [0.2, 0.25) is 11.8 Å². The van der Waals surface area contributed by atoms with Gasteiger partial charge in [0.1, 0.15) is 17.9 Å². The Bertz CT molecular complexity index is 1080. The number of carbonyl (C=O) groups is 3. The van der Waals surface area contributed by atoms with Crippen molar-refractivity contribution in [3.05, 3.63) is 47.3 Å². The molecule has 2 atom stereocenters. The first-order valence-electron chi connectivity index (χ1n) is 11.7. The predicted molar refractivity (Wildman–Crippen MR) is 119 cm³/mol. The lowest BCUT2D eigenvalue weighted by atomic mass is 10.0. The number of rotatable bonds is 6. The van der Waals surface area contributed by atoms with E-state index >= 15 is 0 Å². The largest absolute Gasteiger partial charge is 0.489 e. The highest BCUT2D eigenvalue weighted by atomic mass is 16.5. The molecule has 0 bridgehead atoms. The Morgan fingerprint density at radius 1 is 1.21 bits per heavy atom. The smallest absolute Gasteiger partial charge is 0.255 e. The highest BCUT2D eigenvalue weighted by Crippen LogP contribution is 2.31. The summed E-state index contributed by atoms with van der Waals surface area (Å²) in [5.41, 5.74) is 2.68. The number of hydrogen-bond donors (Lipinski definition) is 1. The van der Waals surface area contributed by atoms with Crippen molar-refractivity contribution < 1.29 is 19.1 Å². The quantitative estimate of drug-likeness (QED) is 0.672. The lowest BCUT2D eigenvalue weighted by Crippen LogP contribution is -2.52. The molecule has 1 aromatic carbocycles. The molecule has 0 radical (unpaired) electrons. The number of nitrogens with one attached hydrogen (secondary N) is 1. The zero-order valence-electron chi connectivity index (χ0n) is 18.8. The van der Waals surface area contributed by atoms with E-state index in [1.807, 2.05) is 23.0 Å². The highest BCUT2D eigenvalue weighted by molar-refractivity contribution is 6.05. The molecule has 1 aromatic heterocycles. The maximum Gasteiger partial charge on any atom is 0.255 e. The van der Waals surface area contributed by atoms with Crippen molar-refractivity contribution in [3.63, 3.8) is 0 Å². The summed E-state index contributed by atoms with van der Waals surface area (Å²) in [6.07, 6.45) is 6.78. The van der Waals surface area contributed by atoms with E-state index in [0.717, 1.165) is 50.3 Å². The first-order valence-corrected chi connectivity index (χ1v) is 11.7. The molecule has 3 aliphatic heterocycles. The third kappa shape index (κ3) is 4.50. The minimum Gasteiger partial charge on any atom is -0.489 e. The fraction of sp³-hybridized carbons (Fsp3) is 0.500. The number of aryl methyl sites for hydroxylation is 1. The summed E-state index contributed by atoms with van der Waals surface area (Å²) in [6, 6.07) is 4.95. The molecule has 33 heavy (non-hydrogen) atoms. The number of likely N-dealkylation sites (tertiary alicyclic amines) is 1. The Hall–Kier alpha value is -3.20. The Morgan fingerprint density at radius 2 is 2.09 bits per heavy atom. The summed E-state index contributed by atoms with van der Waals surface area (Å²) in [6.45, 7) is 6.05. The molecule has 9 nitrogen and oxygen atoms in total. The van der Waals surface area contributed by atoms with Crippen molar-refractivity contribution in [2.75, 3.05) is 13.1 Å². The summed E-state index contributed by atoms with van der Waals surface area (Å²) >= 11 is 0. The second-order valence-corrected chi connectivity index (χ2v) is 9.04. The number of carbonyl (C=O) groups excluding carboxylic acids is 3. The van der Waals surface area contributed by atoms with Gasteiger partial charge in [-0.05, 0) is 56.5 Å². The fourth-order valence-electron chi connectivity index (χ4n) is 4.99. The van der Waals surface area contributed by atoms with Gasteiger partial charge >= 0.3 is 0 Å². The number of benzene rings is 1. The van der Waals surface area contributed by atoms with E-state index in [0.29, 0.717) is 18.5 Å². The first-order chi connectivity index (χ1) is 16.0. The molecule has 5 rings (SSSR count). The van der Waals surface area contributed by atoms with Crippen molar-refractivity contribution in [2.24, 2.45) is 0 Å². The van der Waals surface area contributed by atoms with Crippen LogP contribution in [0.4, 0.5) is 0 Å². The molecule has 0 saturated carbocycles. The van der Waals surface area contributed by atoms with E-state index in [-0.39, 0.29) is 24.3 Å². The van der Waals surface area contributed by atoms with Crippen LogP contribution < -0.4 is 10.1 Å². The number of amides is 3. The number of hydrogen-bond acceptors (Lipinski definition) is 6. The van der Waals surface area contributed by atoms with Crippen LogP contribution in [-0.2, 0) is 29.2 Å². The Morgan fingerprint density at radius 3 is 2.88 bits per heavy atom. The second-order valence-electron chi connectivity index (χ2n) is 9.04. The van der Waals surface area contributed by atoms with Gasteiger partial charge in [-0.15, -0.1) is 0 Å². The molecule has 9 heteroatoms. The van der Waals surface area contributed by atoms with Crippen LogP contribution in [0, 0.1) is 0 Å². The lowest BCUT2D eigenvalue weighted by Gasteiger charge is -2.32. The number of ether oxygens (including phenoxy) is 1. The van der Waals surface area contributed by atoms with E-state index in [1.165, 1.54) is 5.56 Å². The minimum atomic E-state index is -0.601. The van der Waals surface area contributed by atoms with Gasteiger partial charge in [0.15, 0.2) is 0 Å². The number of fused-ring (bicyclic) bond motifs is 1. The molecular formula is C24H29N5O4. The molecule has 3 amide bonds. The average Bonchev–Trinajstić information content (AvgIpc) is 3.38. The predicted octanol–water partition coefficient (Wildman–Crippen LogP) is 1.71. The highest BCUT2D eigenvalue weighted by Gasteiger charge is 2.39. The van der Waals surface area contributed by atoms with Gasteiger partial charge in [-0.1, -0.05) is 0 Å². The molecule has 0 aliphatic carbocycles. The molecule has 1 N–H and O–H groups in total. The molecule has 2 unspecified atom stereocenters. The van der Waals surface area contributed by atoms with Gasteiger partial charge in [0.25, 0.3) is 5.91 Å². The van der Waals surface area contributed by atoms with Crippen LogP contribution in [0.5, 0.6) is 5.75 Å². The summed E-state index contributed by atoms with van der Waals surface area (Å²) in [4.78, 5) is 40.5. The molecule has 2 fully saturated rings. The Balaban J connectivity index is 1.22. The molecule has 0 spiro atoms. The normalized spacial score (nSPS) is 23.5. The zero-order chi connectivity index (χ0) is 22.9. The third-order valence-electron chi connectivity index (χ3n) is 6.68. The summed E-state index contributed by atoms with van der Waals surface area (Å²) < 4.78 is 8.25. The zero-order valence-corrected chi connectivity index (χ0v) is 18.8. The van der Waals surface area contributed by atoms with E-state index in [9.17, 15) is 14.4 Å². The maximum atomic E-state index is 12.9. The Kier molecular flexibility index (Phi) is 5.88. The summed E-state index contributed by atoms with van der Waals surface area (Å²) in [7, 11) is 0. The van der Waals surface area contributed by atoms with Gasteiger partial charge in [-0.25, -0.2) is 0 Å². The fourth-order valence-corrected chi connectivity index (χ4v) is 4.99. The van der Waals surface area contributed by atoms with Gasteiger partial charge in [-0.3, -0.25) is 29.3 Å². The van der Waals surface area contributed by atoms with Gasteiger partial charge in [0, 0.05) is 49.9 Å². The second kappa shape index (κ2) is 8.97. The van der Waals surface area contributed by atoms with E-state index in [1.54, 1.807) is 11.0 Å². The van der Waals surface area contributed by atoms with Crippen LogP contribution in [0.2, 0.25) is 0 Å². The third-order valence-corrected chi connectivity index (χ3v) is 6.68. The van der Waals surface area contributed by atoms with Crippen LogP contribution in [0.15, 0.2) is 30.6 Å². The number of nitrogens with zero attached hydrogens (tertiary/aromatic N) is 4. The monoisotopic (exact) mass is 451 g/mol. The number of imide groups is 1. The van der Waals surface area contributed by atoms with Crippen molar-refractivity contribution in [2.45, 2.75) is 64.4 Å². The van der Waals surface area contributed by atoms with Crippen molar-refractivity contribution in [3.8, 4) is 5.75 Å². The van der Waals surface area contributed by atoms with Gasteiger partial charge in [0.05, 0.1) is 6.20 Å². The molecular weight excluding hydrogens is 422 g/mol. The van der Waals surface area contributed by atoms with Crippen molar-refractivity contribution >= 4 is 17.7 Å². The Labute approximate surface area is 192 Å². The SMILES string of the molecule is CCn1cc(CN2CCCC(Oc3ccc4c(c3)CN(C3CCC(=O)NC3=O)C4=O)C2)cn1. The maximum absolute atomic E-state index is 12.9. The lowest BCUT2D eigenvalue weighted by molar-refractivity contribution is -0.136. The van der Waals surface area contributed by atoms with Crippen LogP contribution in [0.25, 0.3) is 0 Å². The minimum absolute atomic E-state index is 0.0846. The van der Waals surface area contributed by atoms with Crippen LogP contribution >= 0.6 is 0 Å². The number of aromatic nitrogens is 2. The summed E-state index contributed by atoms with van der Waals surface area (Å²) in [5.74, 6) is -0.0904. The summed E-state index contributed by atoms with van der Waals surface area (Å²) in [5, 5.41) is 6.70. The molecule has 2 saturated heterocycles. The molecule has 2 aromatic rings. The standard InChI is InChI=1S/C24H29N5O4/c1-2-28-13-16(11-25-28)12-27-9-3-4-19(15-27)33-18-5-6-20-17(10-18)14-29(24(20)32)21-7-8-22(30)26-23(21)31/h5-6,10-11,13,19,21H,2-4,7-9,12,14-15H2,1H3,(H,26,30,31). The van der Waals surface area contributed by atoms with E-state index in [2.05, 4.69) is 28.4 Å². The van der Waals surface area contributed by atoms with Crippen molar-refractivity contribution in [1.29, 1.82) is 0 Å². The van der Waals surface area contributed by atoms with E-state index < -0.39 is 11.9 Å². The van der Waals surface area contributed by atoms with Gasteiger partial charge < -0.3 is 9.64 Å². The average molecular weight is 452 g/mol. The topological polar surface area (TPSA) is 96.8 Å². The number of piperidine rings is 2. The van der Waals surface area contributed by atoms with E-state index in [4.69, 9.17) is 4.74 Å².